The standard InChI is InChI=1S/C21H43N3O/c1-17(2)22-12-15-25-21-8-6-20(7-9-21)23(5)16-19-10-13-24(14-11-19)18(3)4/h17-22H,6-16H2,1-5H3. The van der Waals surface area contributed by atoms with Crippen molar-refractivity contribution in [2.45, 2.75) is 90.4 Å². The molecule has 2 rings (SSSR count). The first-order valence-corrected chi connectivity index (χ1v) is 10.7. The minimum absolute atomic E-state index is 0.493. The maximum atomic E-state index is 6.06. The summed E-state index contributed by atoms with van der Waals surface area (Å²) in [5.74, 6) is 0.899. The molecule has 0 aromatic heterocycles. The highest BCUT2D eigenvalue weighted by molar-refractivity contribution is 4.82. The Morgan fingerprint density at radius 2 is 1.64 bits per heavy atom. The van der Waals surface area contributed by atoms with Gasteiger partial charge in [-0.15, -0.1) is 0 Å². The van der Waals surface area contributed by atoms with Crippen LogP contribution in [0.3, 0.4) is 0 Å². The second-order valence-electron chi connectivity index (χ2n) is 8.92. The number of piperidine rings is 1. The van der Waals surface area contributed by atoms with Crippen LogP contribution in [-0.2, 0) is 4.74 Å². The molecule has 0 radical (unpaired) electrons. The van der Waals surface area contributed by atoms with Gasteiger partial charge in [0, 0.05) is 31.2 Å². The second-order valence-corrected chi connectivity index (χ2v) is 8.92. The van der Waals surface area contributed by atoms with Gasteiger partial charge in [0.2, 0.25) is 0 Å². The number of nitrogens with zero attached hydrogens (tertiary/aromatic N) is 2. The molecule has 0 aromatic carbocycles. The fourth-order valence-electron chi connectivity index (χ4n) is 4.43. The van der Waals surface area contributed by atoms with E-state index in [4.69, 9.17) is 4.74 Å². The number of rotatable bonds is 9. The van der Waals surface area contributed by atoms with Gasteiger partial charge in [0.25, 0.3) is 0 Å². The predicted molar refractivity (Wildman–Crippen MR) is 107 cm³/mol. The predicted octanol–water partition coefficient (Wildman–Crippen LogP) is 3.36. The molecule has 0 unspecified atom stereocenters. The summed E-state index contributed by atoms with van der Waals surface area (Å²) in [4.78, 5) is 5.29. The second kappa shape index (κ2) is 10.9. The number of nitrogens with one attached hydrogen (secondary N) is 1. The van der Waals surface area contributed by atoms with Gasteiger partial charge in [-0.2, -0.15) is 0 Å². The molecule has 25 heavy (non-hydrogen) atoms. The summed E-state index contributed by atoms with van der Waals surface area (Å²) in [6, 6.07) is 2.04. The molecule has 148 valence electrons. The molecule has 0 atom stereocenters. The number of hydrogen-bond acceptors (Lipinski definition) is 4. The first kappa shape index (κ1) is 21.1. The van der Waals surface area contributed by atoms with Gasteiger partial charge in [-0.3, -0.25) is 0 Å². The smallest absolute Gasteiger partial charge is 0.0594 e. The van der Waals surface area contributed by atoms with Crippen molar-refractivity contribution >= 4 is 0 Å². The van der Waals surface area contributed by atoms with Crippen LogP contribution in [0.2, 0.25) is 0 Å². The van der Waals surface area contributed by atoms with Crippen LogP contribution in [0.25, 0.3) is 0 Å². The van der Waals surface area contributed by atoms with E-state index < -0.39 is 0 Å². The molecular formula is C21H43N3O. The zero-order valence-corrected chi connectivity index (χ0v) is 17.5. The topological polar surface area (TPSA) is 27.7 Å². The Labute approximate surface area is 156 Å². The molecule has 0 amide bonds. The molecule has 4 heteroatoms. The number of ether oxygens (including phenoxy) is 1. The number of likely N-dealkylation sites (tertiary alicyclic amines) is 1. The fourth-order valence-corrected chi connectivity index (χ4v) is 4.43. The van der Waals surface area contributed by atoms with Gasteiger partial charge in [-0.25, -0.2) is 0 Å². The normalized spacial score (nSPS) is 26.9. The van der Waals surface area contributed by atoms with Gasteiger partial charge in [0.1, 0.15) is 0 Å². The summed E-state index contributed by atoms with van der Waals surface area (Å²) in [7, 11) is 2.35. The summed E-state index contributed by atoms with van der Waals surface area (Å²) >= 11 is 0. The highest BCUT2D eigenvalue weighted by Crippen LogP contribution is 2.27. The Morgan fingerprint density at radius 3 is 2.20 bits per heavy atom. The van der Waals surface area contributed by atoms with Gasteiger partial charge >= 0.3 is 0 Å². The van der Waals surface area contributed by atoms with E-state index in [0.29, 0.717) is 18.2 Å². The molecule has 2 fully saturated rings. The van der Waals surface area contributed by atoms with E-state index >= 15 is 0 Å². The first-order valence-electron chi connectivity index (χ1n) is 10.7. The van der Waals surface area contributed by atoms with Crippen molar-refractivity contribution in [3.8, 4) is 0 Å². The van der Waals surface area contributed by atoms with Crippen LogP contribution in [0.5, 0.6) is 0 Å². The molecule has 2 aliphatic rings. The van der Waals surface area contributed by atoms with Crippen LogP contribution in [0.1, 0.15) is 66.2 Å². The van der Waals surface area contributed by atoms with E-state index in [1.807, 2.05) is 0 Å². The van der Waals surface area contributed by atoms with E-state index in [-0.39, 0.29) is 0 Å². The van der Waals surface area contributed by atoms with Crippen molar-refractivity contribution in [1.82, 2.24) is 15.1 Å². The average Bonchev–Trinajstić information content (AvgIpc) is 2.59. The Balaban J connectivity index is 1.59. The molecule has 4 nitrogen and oxygen atoms in total. The third-order valence-electron chi connectivity index (χ3n) is 6.20. The minimum Gasteiger partial charge on any atom is -0.377 e. The van der Waals surface area contributed by atoms with E-state index in [9.17, 15) is 0 Å². The van der Waals surface area contributed by atoms with Crippen molar-refractivity contribution in [3.63, 3.8) is 0 Å². The van der Waals surface area contributed by atoms with Crippen LogP contribution in [-0.4, -0.2) is 73.9 Å². The maximum Gasteiger partial charge on any atom is 0.0594 e. The molecule has 0 aromatic rings. The Morgan fingerprint density at radius 1 is 1.00 bits per heavy atom. The molecule has 0 spiro atoms. The largest absolute Gasteiger partial charge is 0.377 e. The fraction of sp³-hybridized carbons (Fsp3) is 1.00. The first-order chi connectivity index (χ1) is 12.0. The zero-order valence-electron chi connectivity index (χ0n) is 17.5. The quantitative estimate of drug-likeness (QED) is 0.643. The molecule has 1 aliphatic heterocycles. The SMILES string of the molecule is CC(C)NCCOC1CCC(N(C)CC2CCN(C(C)C)CC2)CC1. The summed E-state index contributed by atoms with van der Waals surface area (Å²) < 4.78 is 6.06. The molecular weight excluding hydrogens is 310 g/mol. The average molecular weight is 354 g/mol. The lowest BCUT2D eigenvalue weighted by molar-refractivity contribution is 0.00824. The van der Waals surface area contributed by atoms with Gasteiger partial charge in [0.05, 0.1) is 12.7 Å². The van der Waals surface area contributed by atoms with E-state index in [2.05, 4.69) is 49.9 Å². The lowest BCUT2D eigenvalue weighted by Crippen LogP contribution is -2.44. The van der Waals surface area contributed by atoms with Gasteiger partial charge < -0.3 is 19.9 Å². The van der Waals surface area contributed by atoms with E-state index in [0.717, 1.165) is 25.1 Å². The highest BCUT2D eigenvalue weighted by Gasteiger charge is 2.27. The van der Waals surface area contributed by atoms with Crippen molar-refractivity contribution in [3.05, 3.63) is 0 Å². The van der Waals surface area contributed by atoms with Crippen LogP contribution >= 0.6 is 0 Å². The minimum atomic E-state index is 0.493. The summed E-state index contributed by atoms with van der Waals surface area (Å²) in [5.41, 5.74) is 0. The zero-order chi connectivity index (χ0) is 18.2. The summed E-state index contributed by atoms with van der Waals surface area (Å²) in [6.45, 7) is 14.7. The summed E-state index contributed by atoms with van der Waals surface area (Å²) in [6.07, 6.45) is 8.35. The summed E-state index contributed by atoms with van der Waals surface area (Å²) in [5, 5.41) is 3.43. The third kappa shape index (κ3) is 7.54. The van der Waals surface area contributed by atoms with Crippen LogP contribution in [0.15, 0.2) is 0 Å². The van der Waals surface area contributed by atoms with E-state index in [1.165, 1.54) is 58.2 Å². The lowest BCUT2D eigenvalue weighted by Gasteiger charge is -2.39. The highest BCUT2D eigenvalue weighted by atomic mass is 16.5. The van der Waals surface area contributed by atoms with Gasteiger partial charge in [0.15, 0.2) is 0 Å². The maximum absolute atomic E-state index is 6.06. The Kier molecular flexibility index (Phi) is 9.18. The van der Waals surface area contributed by atoms with Crippen molar-refractivity contribution < 1.29 is 4.74 Å². The number of hydrogen-bond donors (Lipinski definition) is 1. The van der Waals surface area contributed by atoms with Crippen molar-refractivity contribution in [1.29, 1.82) is 0 Å². The molecule has 1 saturated carbocycles. The third-order valence-corrected chi connectivity index (χ3v) is 6.20. The van der Waals surface area contributed by atoms with Gasteiger partial charge in [-0.05, 0) is 78.4 Å². The van der Waals surface area contributed by atoms with Crippen molar-refractivity contribution in [2.75, 3.05) is 39.8 Å². The van der Waals surface area contributed by atoms with Crippen LogP contribution < -0.4 is 5.32 Å². The van der Waals surface area contributed by atoms with Crippen LogP contribution in [0, 0.1) is 5.92 Å². The Bertz CT molecular complexity index is 345. The molecule has 0 bridgehead atoms. The molecule has 1 saturated heterocycles. The monoisotopic (exact) mass is 353 g/mol. The molecule has 1 aliphatic carbocycles. The lowest BCUT2D eigenvalue weighted by atomic mass is 9.90. The van der Waals surface area contributed by atoms with Crippen molar-refractivity contribution in [2.24, 2.45) is 5.92 Å². The van der Waals surface area contributed by atoms with Crippen LogP contribution in [0.4, 0.5) is 0 Å². The molecule has 1 heterocycles. The van der Waals surface area contributed by atoms with Gasteiger partial charge in [-0.1, -0.05) is 13.8 Å². The Hall–Kier alpha value is -0.160. The van der Waals surface area contributed by atoms with E-state index in [1.54, 1.807) is 0 Å². The molecule has 1 N–H and O–H groups in total.